The van der Waals surface area contributed by atoms with E-state index < -0.39 is 13.5 Å². The Morgan fingerprint density at radius 2 is 2.00 bits per heavy atom. The molecule has 4 nitrogen and oxygen atoms in total. The van der Waals surface area contributed by atoms with Gasteiger partial charge in [-0.2, -0.15) is 0 Å². The van der Waals surface area contributed by atoms with Gasteiger partial charge in [0, 0.05) is 15.2 Å². The van der Waals surface area contributed by atoms with Crippen LogP contribution in [0.1, 0.15) is 26.7 Å². The minimum absolute atomic E-state index is 0.0961. The normalized spacial score (nSPS) is 32.9. The van der Waals surface area contributed by atoms with Crippen LogP contribution in [-0.4, -0.2) is 40.5 Å². The first-order chi connectivity index (χ1) is 10.7. The van der Waals surface area contributed by atoms with Gasteiger partial charge in [-0.25, -0.2) is 0 Å². The Hall–Kier alpha value is -0.653. The van der Waals surface area contributed by atoms with Gasteiger partial charge in [0.25, 0.3) is 0 Å². The Morgan fingerprint density at radius 3 is 2.61 bits per heavy atom. The molecule has 0 radical (unpaired) electrons. The predicted molar refractivity (Wildman–Crippen MR) is 93.9 cm³/mol. The fourth-order valence-corrected chi connectivity index (χ4v) is 4.85. The van der Waals surface area contributed by atoms with E-state index in [1.165, 1.54) is 0 Å². The molecule has 0 heterocycles. The molecule has 0 saturated heterocycles. The lowest BCUT2D eigenvalue weighted by Gasteiger charge is -2.33. The highest BCUT2D eigenvalue weighted by Gasteiger charge is 2.68. The number of ketones is 1. The van der Waals surface area contributed by atoms with Crippen LogP contribution in [0.4, 0.5) is 0 Å². The van der Waals surface area contributed by atoms with Crippen molar-refractivity contribution >= 4 is 13.9 Å². The Bertz CT molecular complexity index is 466. The van der Waals surface area contributed by atoms with Crippen LogP contribution in [0.5, 0.6) is 0 Å². The first-order valence-electron chi connectivity index (χ1n) is 8.60. The van der Waals surface area contributed by atoms with E-state index in [0.717, 1.165) is 25.5 Å². The average Bonchev–Trinajstić information content (AvgIpc) is 2.78. The molecule has 0 N–H and O–H groups in total. The molecule has 0 amide bonds. The molecule has 2 unspecified atom stereocenters. The molecular formula is C18H32O4Si. The molecule has 0 aromatic carbocycles. The highest BCUT2D eigenvalue weighted by molar-refractivity contribution is 6.76. The number of carbonyl (C=O) groups is 1. The van der Waals surface area contributed by atoms with E-state index in [0.29, 0.717) is 0 Å². The van der Waals surface area contributed by atoms with Gasteiger partial charge in [0.15, 0.2) is 5.78 Å². The quantitative estimate of drug-likeness (QED) is 0.291. The molecule has 0 aromatic rings. The summed E-state index contributed by atoms with van der Waals surface area (Å²) in [6.07, 6.45) is 5.35. The average molecular weight is 341 g/mol. The maximum absolute atomic E-state index is 13.0. The van der Waals surface area contributed by atoms with Crippen molar-refractivity contribution in [1.82, 2.24) is 0 Å². The Balaban J connectivity index is 2.05. The van der Waals surface area contributed by atoms with E-state index in [4.69, 9.17) is 14.2 Å². The molecule has 2 aliphatic rings. The summed E-state index contributed by atoms with van der Waals surface area (Å²) in [5.74, 6) is 0.456. The van der Waals surface area contributed by atoms with E-state index >= 15 is 0 Å². The highest BCUT2D eigenvalue weighted by Crippen LogP contribution is 2.65. The van der Waals surface area contributed by atoms with Crippen molar-refractivity contribution in [2.75, 3.05) is 20.5 Å². The lowest BCUT2D eigenvalue weighted by atomic mass is 9.69. The van der Waals surface area contributed by atoms with Crippen molar-refractivity contribution in [1.29, 1.82) is 0 Å². The predicted octanol–water partition coefficient (Wildman–Crippen LogP) is 3.85. The molecule has 23 heavy (non-hydrogen) atoms. The number of hydrogen-bond donors (Lipinski definition) is 0. The summed E-state index contributed by atoms with van der Waals surface area (Å²) in [5.41, 5.74) is -0.545. The summed E-state index contributed by atoms with van der Waals surface area (Å²) >= 11 is 0. The van der Waals surface area contributed by atoms with Gasteiger partial charge in [-0.05, 0) is 36.3 Å². The van der Waals surface area contributed by atoms with E-state index in [9.17, 15) is 4.79 Å². The van der Waals surface area contributed by atoms with Gasteiger partial charge in [0.1, 0.15) is 12.9 Å². The minimum Gasteiger partial charge on any atom is -0.502 e. The van der Waals surface area contributed by atoms with Crippen LogP contribution in [0.25, 0.3) is 0 Å². The number of allylic oxidation sites excluding steroid dienone is 1. The van der Waals surface area contributed by atoms with Crippen molar-refractivity contribution in [2.45, 2.75) is 58.5 Å². The van der Waals surface area contributed by atoms with Gasteiger partial charge >= 0.3 is 0 Å². The molecule has 0 aromatic heterocycles. The topological polar surface area (TPSA) is 44.8 Å². The minimum atomic E-state index is -1.08. The van der Waals surface area contributed by atoms with Gasteiger partial charge in [-0.15, -0.1) is 0 Å². The number of carbonyl (C=O) groups excluding carboxylic acids is 1. The number of fused-ring (bicyclic) bond motifs is 2. The van der Waals surface area contributed by atoms with Gasteiger partial charge in [0.2, 0.25) is 0 Å². The largest absolute Gasteiger partial charge is 0.502 e. The molecule has 2 aliphatic carbocycles. The molecule has 3 atom stereocenters. The monoisotopic (exact) mass is 340 g/mol. The summed E-state index contributed by atoms with van der Waals surface area (Å²) in [4.78, 5) is 13.0. The first kappa shape index (κ1) is 18.7. The number of rotatable bonds is 8. The summed E-state index contributed by atoms with van der Waals surface area (Å²) in [6, 6.07) is 1.13. The van der Waals surface area contributed by atoms with Gasteiger partial charge < -0.3 is 14.2 Å². The van der Waals surface area contributed by atoms with Crippen LogP contribution in [-0.2, 0) is 19.0 Å². The van der Waals surface area contributed by atoms with Crippen molar-refractivity contribution in [3.63, 3.8) is 0 Å². The fraction of sp³-hybridized carbons (Fsp3) is 0.833. The molecule has 2 bridgehead atoms. The van der Waals surface area contributed by atoms with Crippen LogP contribution in [0.15, 0.2) is 12.3 Å². The van der Waals surface area contributed by atoms with E-state index in [-0.39, 0.29) is 30.0 Å². The van der Waals surface area contributed by atoms with Gasteiger partial charge in [-0.3, -0.25) is 4.79 Å². The number of Topliss-reactive ketones (excluding diaryl/α,β-unsaturated/α-hetero) is 1. The second-order valence-electron chi connectivity index (χ2n) is 8.68. The van der Waals surface area contributed by atoms with Gasteiger partial charge in [-0.1, -0.05) is 33.5 Å². The SMILES string of the molecule is COCO[C@H]1C(=O)C2(/C=C\OCC[Si](C)(C)C)CCC1C2(C)C. The molecule has 2 rings (SSSR count). The van der Waals surface area contributed by atoms with Crippen molar-refractivity contribution in [3.05, 3.63) is 12.3 Å². The maximum Gasteiger partial charge on any atom is 0.172 e. The zero-order chi connectivity index (χ0) is 17.3. The van der Waals surface area contributed by atoms with Crippen molar-refractivity contribution < 1.29 is 19.0 Å². The van der Waals surface area contributed by atoms with E-state index in [2.05, 4.69) is 33.5 Å². The second kappa shape index (κ2) is 6.69. The number of methoxy groups -OCH3 is 1. The molecule has 5 heteroatoms. The smallest absolute Gasteiger partial charge is 0.172 e. The lowest BCUT2D eigenvalue weighted by molar-refractivity contribution is -0.146. The summed E-state index contributed by atoms with van der Waals surface area (Å²) < 4.78 is 16.4. The molecule has 132 valence electrons. The standard InChI is InChI=1S/C18H32O4Si/c1-17(2)14-7-8-18(17,16(19)15(14)22-13-20-3)9-10-21-11-12-23(4,5)6/h9-10,14-15H,7-8,11-13H2,1-6H3/b10-9-/t14?,15-,18?/m1/s1. The zero-order valence-electron chi connectivity index (χ0n) is 15.5. The van der Waals surface area contributed by atoms with Crippen LogP contribution in [0.3, 0.4) is 0 Å². The number of ether oxygens (including phenoxy) is 3. The number of hydrogen-bond acceptors (Lipinski definition) is 4. The summed E-state index contributed by atoms with van der Waals surface area (Å²) in [5, 5.41) is 0. The van der Waals surface area contributed by atoms with Crippen LogP contribution >= 0.6 is 0 Å². The van der Waals surface area contributed by atoms with Crippen molar-refractivity contribution in [2.24, 2.45) is 16.7 Å². The maximum atomic E-state index is 13.0. The van der Waals surface area contributed by atoms with E-state index in [1.54, 1.807) is 13.4 Å². The van der Waals surface area contributed by atoms with Crippen LogP contribution in [0, 0.1) is 16.7 Å². The van der Waals surface area contributed by atoms with Crippen molar-refractivity contribution in [3.8, 4) is 0 Å². The third kappa shape index (κ3) is 3.42. The first-order valence-corrected chi connectivity index (χ1v) is 12.3. The Kier molecular flexibility index (Phi) is 5.43. The molecule has 2 fully saturated rings. The third-order valence-electron chi connectivity index (χ3n) is 5.77. The van der Waals surface area contributed by atoms with Gasteiger partial charge in [0.05, 0.1) is 18.3 Å². The van der Waals surface area contributed by atoms with Crippen LogP contribution in [0.2, 0.25) is 25.7 Å². The fourth-order valence-electron chi connectivity index (χ4n) is 4.11. The van der Waals surface area contributed by atoms with E-state index in [1.807, 2.05) is 6.08 Å². The lowest BCUT2D eigenvalue weighted by Crippen LogP contribution is -2.37. The Morgan fingerprint density at radius 1 is 1.30 bits per heavy atom. The molecule has 2 saturated carbocycles. The Labute approximate surface area is 141 Å². The molecular weight excluding hydrogens is 308 g/mol. The second-order valence-corrected chi connectivity index (χ2v) is 14.3. The van der Waals surface area contributed by atoms with Crippen LogP contribution < -0.4 is 0 Å². The zero-order valence-corrected chi connectivity index (χ0v) is 16.5. The molecule has 0 aliphatic heterocycles. The third-order valence-corrected chi connectivity index (χ3v) is 7.48. The summed E-state index contributed by atoms with van der Waals surface area (Å²) in [7, 11) is 0.503. The molecule has 0 spiro atoms. The highest BCUT2D eigenvalue weighted by atomic mass is 28.3. The summed E-state index contributed by atoms with van der Waals surface area (Å²) in [6.45, 7) is 12.3.